The van der Waals surface area contributed by atoms with Crippen molar-refractivity contribution in [1.82, 2.24) is 4.90 Å². The molecule has 15 heavy (non-hydrogen) atoms. The first kappa shape index (κ1) is 11.3. The fourth-order valence-corrected chi connectivity index (χ4v) is 2.71. The highest BCUT2D eigenvalue weighted by molar-refractivity contribution is 6.18. The number of halogens is 1. The van der Waals surface area contributed by atoms with Gasteiger partial charge in [-0.1, -0.05) is 13.3 Å². The summed E-state index contributed by atoms with van der Waals surface area (Å²) >= 11 is 5.91. The topological polar surface area (TPSA) is 20.3 Å². The van der Waals surface area contributed by atoms with E-state index in [1.54, 1.807) is 0 Å². The molecule has 3 unspecified atom stereocenters. The molecule has 2 nitrogen and oxygen atoms in total. The Morgan fingerprint density at radius 2 is 2.20 bits per heavy atom. The lowest BCUT2D eigenvalue weighted by molar-refractivity contribution is -0.133. The average Bonchev–Trinajstić information content (AvgIpc) is 2.99. The maximum Gasteiger partial charge on any atom is 0.225 e. The van der Waals surface area contributed by atoms with Crippen LogP contribution in [0.3, 0.4) is 0 Å². The van der Waals surface area contributed by atoms with Crippen molar-refractivity contribution >= 4 is 17.5 Å². The first-order chi connectivity index (χ1) is 7.22. The van der Waals surface area contributed by atoms with Gasteiger partial charge in [0.1, 0.15) is 0 Å². The number of likely N-dealkylation sites (tertiary alicyclic amines) is 1. The van der Waals surface area contributed by atoms with E-state index in [1.165, 1.54) is 12.8 Å². The Hall–Kier alpha value is -0.240. The number of amides is 1. The van der Waals surface area contributed by atoms with Gasteiger partial charge in [0.15, 0.2) is 0 Å². The lowest BCUT2D eigenvalue weighted by Gasteiger charge is -2.23. The fraction of sp³-hybridized carbons (Fsp3) is 0.917. The van der Waals surface area contributed by atoms with Crippen LogP contribution >= 0.6 is 11.6 Å². The van der Waals surface area contributed by atoms with Crippen molar-refractivity contribution < 1.29 is 4.79 Å². The number of alkyl halides is 1. The van der Waals surface area contributed by atoms with Crippen molar-refractivity contribution in [3.8, 4) is 0 Å². The second kappa shape index (κ2) is 4.73. The van der Waals surface area contributed by atoms with Crippen LogP contribution in [-0.2, 0) is 4.79 Å². The van der Waals surface area contributed by atoms with E-state index in [9.17, 15) is 4.79 Å². The molecule has 0 aromatic heterocycles. The van der Waals surface area contributed by atoms with Crippen molar-refractivity contribution in [2.75, 3.05) is 19.0 Å². The summed E-state index contributed by atoms with van der Waals surface area (Å²) in [7, 11) is 0. The van der Waals surface area contributed by atoms with E-state index in [0.29, 0.717) is 29.5 Å². The molecule has 3 atom stereocenters. The van der Waals surface area contributed by atoms with Crippen molar-refractivity contribution in [2.45, 2.75) is 32.6 Å². The van der Waals surface area contributed by atoms with Gasteiger partial charge in [-0.3, -0.25) is 4.79 Å². The zero-order valence-electron chi connectivity index (χ0n) is 9.42. The van der Waals surface area contributed by atoms with E-state index in [1.807, 2.05) is 0 Å². The maximum absolute atomic E-state index is 12.1. The molecule has 0 aromatic carbocycles. The molecule has 0 radical (unpaired) electrons. The van der Waals surface area contributed by atoms with Gasteiger partial charge < -0.3 is 4.90 Å². The van der Waals surface area contributed by atoms with Gasteiger partial charge in [-0.15, -0.1) is 11.6 Å². The van der Waals surface area contributed by atoms with Gasteiger partial charge in [0.2, 0.25) is 5.91 Å². The molecule has 2 rings (SSSR count). The van der Waals surface area contributed by atoms with Crippen molar-refractivity contribution in [1.29, 1.82) is 0 Å². The number of carbonyl (C=O) groups excluding carboxylic acids is 1. The number of hydrogen-bond acceptors (Lipinski definition) is 1. The van der Waals surface area contributed by atoms with Gasteiger partial charge in [0.25, 0.3) is 0 Å². The lowest BCUT2D eigenvalue weighted by Crippen LogP contribution is -2.36. The minimum atomic E-state index is 0.332. The first-order valence-corrected chi connectivity index (χ1v) is 6.60. The molecule has 1 aliphatic heterocycles. The van der Waals surface area contributed by atoms with Crippen LogP contribution in [0.1, 0.15) is 32.6 Å². The maximum atomic E-state index is 12.1. The minimum Gasteiger partial charge on any atom is -0.342 e. The Kier molecular flexibility index (Phi) is 3.55. The zero-order chi connectivity index (χ0) is 10.8. The van der Waals surface area contributed by atoms with Gasteiger partial charge in [-0.2, -0.15) is 0 Å². The normalized spacial score (nSPS) is 36.1. The summed E-state index contributed by atoms with van der Waals surface area (Å²) in [6.07, 6.45) is 4.66. The minimum absolute atomic E-state index is 0.332. The third kappa shape index (κ3) is 2.66. The van der Waals surface area contributed by atoms with Gasteiger partial charge in [0.05, 0.1) is 0 Å². The van der Waals surface area contributed by atoms with Crippen LogP contribution in [0.15, 0.2) is 0 Å². The third-order valence-electron chi connectivity index (χ3n) is 3.73. The predicted octanol–water partition coefficient (Wildman–Crippen LogP) is 2.51. The highest BCUT2D eigenvalue weighted by Gasteiger charge is 2.41. The van der Waals surface area contributed by atoms with Gasteiger partial charge >= 0.3 is 0 Å². The Morgan fingerprint density at radius 1 is 1.47 bits per heavy atom. The summed E-state index contributed by atoms with van der Waals surface area (Å²) in [5.41, 5.74) is 0. The van der Waals surface area contributed by atoms with Crippen LogP contribution in [0.4, 0.5) is 0 Å². The molecule has 86 valence electrons. The second-order valence-electron chi connectivity index (χ2n) is 5.12. The van der Waals surface area contributed by atoms with Crippen LogP contribution < -0.4 is 0 Å². The summed E-state index contributed by atoms with van der Waals surface area (Å²) in [6, 6.07) is 0. The largest absolute Gasteiger partial charge is 0.342 e. The average molecular weight is 230 g/mol. The second-order valence-corrected chi connectivity index (χ2v) is 5.43. The summed E-state index contributed by atoms with van der Waals surface area (Å²) in [5, 5.41) is 0. The molecule has 0 aromatic rings. The molecule has 0 bridgehead atoms. The molecule has 1 saturated carbocycles. The molecule has 0 spiro atoms. The van der Waals surface area contributed by atoms with Gasteiger partial charge in [-0.05, 0) is 31.1 Å². The fourth-order valence-electron chi connectivity index (χ4n) is 2.46. The summed E-state index contributed by atoms with van der Waals surface area (Å²) < 4.78 is 0. The van der Waals surface area contributed by atoms with Crippen molar-refractivity contribution in [3.05, 3.63) is 0 Å². The van der Waals surface area contributed by atoms with Gasteiger partial charge in [-0.25, -0.2) is 0 Å². The van der Waals surface area contributed by atoms with Crippen LogP contribution in [-0.4, -0.2) is 29.8 Å². The highest BCUT2D eigenvalue weighted by Crippen LogP contribution is 2.39. The highest BCUT2D eigenvalue weighted by atomic mass is 35.5. The quantitative estimate of drug-likeness (QED) is 0.667. The Morgan fingerprint density at radius 3 is 2.80 bits per heavy atom. The first-order valence-electron chi connectivity index (χ1n) is 6.07. The Bertz CT molecular complexity index is 244. The van der Waals surface area contributed by atoms with Crippen molar-refractivity contribution in [2.24, 2.45) is 17.8 Å². The third-order valence-corrected chi connectivity index (χ3v) is 4.16. The molecule has 2 aliphatic rings. The molecular formula is C12H20ClNO. The summed E-state index contributed by atoms with van der Waals surface area (Å²) in [5.74, 6) is 2.56. The summed E-state index contributed by atoms with van der Waals surface area (Å²) in [6.45, 7) is 4.01. The zero-order valence-corrected chi connectivity index (χ0v) is 10.2. The van der Waals surface area contributed by atoms with Gasteiger partial charge in [0, 0.05) is 24.9 Å². The molecular weight excluding hydrogens is 210 g/mol. The van der Waals surface area contributed by atoms with E-state index in [0.717, 1.165) is 25.9 Å². The smallest absolute Gasteiger partial charge is 0.225 e. The molecule has 1 amide bonds. The number of rotatable bonds is 2. The van der Waals surface area contributed by atoms with E-state index in [-0.39, 0.29) is 0 Å². The van der Waals surface area contributed by atoms with Crippen LogP contribution in [0.2, 0.25) is 0 Å². The monoisotopic (exact) mass is 229 g/mol. The molecule has 1 aliphatic carbocycles. The molecule has 3 heteroatoms. The lowest BCUT2D eigenvalue weighted by atomic mass is 10.1. The van der Waals surface area contributed by atoms with E-state index >= 15 is 0 Å². The Labute approximate surface area is 97.0 Å². The van der Waals surface area contributed by atoms with Crippen LogP contribution in [0.5, 0.6) is 0 Å². The molecule has 1 heterocycles. The van der Waals surface area contributed by atoms with Crippen LogP contribution in [0.25, 0.3) is 0 Å². The van der Waals surface area contributed by atoms with Crippen LogP contribution in [0, 0.1) is 17.8 Å². The molecule has 0 N–H and O–H groups in total. The van der Waals surface area contributed by atoms with E-state index in [2.05, 4.69) is 11.8 Å². The molecule has 2 fully saturated rings. The number of nitrogens with zero attached hydrogens (tertiary/aromatic N) is 1. The number of hydrogen-bond donors (Lipinski definition) is 0. The number of carbonyl (C=O) groups is 1. The van der Waals surface area contributed by atoms with Crippen molar-refractivity contribution in [3.63, 3.8) is 0 Å². The standard InChI is InChI=1S/C12H20ClNO/c1-9-6-11(9)12(15)14-5-3-2-4-10(7-13)8-14/h9-11H,2-8H2,1H3. The van der Waals surface area contributed by atoms with E-state index < -0.39 is 0 Å². The predicted molar refractivity (Wildman–Crippen MR) is 61.9 cm³/mol. The van der Waals surface area contributed by atoms with E-state index in [4.69, 9.17) is 11.6 Å². The Balaban J connectivity index is 1.91. The SMILES string of the molecule is CC1CC1C(=O)N1CCCCC(CCl)C1. The molecule has 1 saturated heterocycles. The summed E-state index contributed by atoms with van der Waals surface area (Å²) in [4.78, 5) is 14.1.